The van der Waals surface area contributed by atoms with Crippen molar-refractivity contribution in [2.24, 2.45) is 11.8 Å². The third-order valence-electron chi connectivity index (χ3n) is 4.13. The Morgan fingerprint density at radius 2 is 1.86 bits per heavy atom. The van der Waals surface area contributed by atoms with Gasteiger partial charge in [0.2, 0.25) is 0 Å². The van der Waals surface area contributed by atoms with E-state index in [1.54, 1.807) is 4.90 Å². The van der Waals surface area contributed by atoms with Crippen molar-refractivity contribution in [2.45, 2.75) is 52.1 Å². The summed E-state index contributed by atoms with van der Waals surface area (Å²) in [6.45, 7) is 8.24. The summed E-state index contributed by atoms with van der Waals surface area (Å²) < 4.78 is 10.7. The van der Waals surface area contributed by atoms with E-state index in [9.17, 15) is 9.59 Å². The van der Waals surface area contributed by atoms with E-state index >= 15 is 0 Å². The van der Waals surface area contributed by atoms with E-state index in [0.717, 1.165) is 32.5 Å². The number of hydrogen-bond acceptors (Lipinski definition) is 4. The Morgan fingerprint density at radius 3 is 2.48 bits per heavy atom. The standard InChI is InChI=1S/C16H27NO4/c1-16(2,3)21-15(19)17-7-4-13(11-17)14(18)10-12-5-8-20-9-6-12/h12-13H,4-11H2,1-3H3. The maximum Gasteiger partial charge on any atom is 0.410 e. The fourth-order valence-electron chi connectivity index (χ4n) is 2.92. The van der Waals surface area contributed by atoms with Gasteiger partial charge in [-0.3, -0.25) is 4.79 Å². The fraction of sp³-hybridized carbons (Fsp3) is 0.875. The lowest BCUT2D eigenvalue weighted by Crippen LogP contribution is -2.36. The van der Waals surface area contributed by atoms with Crippen LogP contribution in [0.5, 0.6) is 0 Å². The van der Waals surface area contributed by atoms with Crippen LogP contribution in [0, 0.1) is 11.8 Å². The molecule has 1 unspecified atom stereocenters. The predicted octanol–water partition coefficient (Wildman–Crippen LogP) is 2.63. The van der Waals surface area contributed by atoms with Crippen LogP contribution in [0.4, 0.5) is 4.79 Å². The van der Waals surface area contributed by atoms with E-state index in [1.807, 2.05) is 20.8 Å². The van der Waals surface area contributed by atoms with Gasteiger partial charge >= 0.3 is 6.09 Å². The molecule has 2 fully saturated rings. The van der Waals surface area contributed by atoms with Crippen molar-refractivity contribution in [3.63, 3.8) is 0 Å². The van der Waals surface area contributed by atoms with E-state index in [0.29, 0.717) is 31.2 Å². The summed E-state index contributed by atoms with van der Waals surface area (Å²) in [4.78, 5) is 26.0. The Kier molecular flexibility index (Phi) is 5.25. The van der Waals surface area contributed by atoms with Crippen molar-refractivity contribution in [1.82, 2.24) is 4.90 Å². The fourth-order valence-corrected chi connectivity index (χ4v) is 2.92. The maximum absolute atomic E-state index is 12.3. The number of rotatable bonds is 3. The molecule has 0 aromatic carbocycles. The average molecular weight is 297 g/mol. The normalized spacial score (nSPS) is 24.1. The van der Waals surface area contributed by atoms with Gasteiger partial charge in [-0.1, -0.05) is 0 Å². The molecule has 0 saturated carbocycles. The van der Waals surface area contributed by atoms with Gasteiger partial charge in [-0.2, -0.15) is 0 Å². The second kappa shape index (κ2) is 6.77. The first-order valence-electron chi connectivity index (χ1n) is 7.93. The number of nitrogens with zero attached hydrogens (tertiary/aromatic N) is 1. The minimum atomic E-state index is -0.485. The molecule has 2 aliphatic rings. The summed E-state index contributed by atoms with van der Waals surface area (Å²) in [5, 5.41) is 0. The molecule has 0 aromatic heterocycles. The smallest absolute Gasteiger partial charge is 0.410 e. The average Bonchev–Trinajstić information content (AvgIpc) is 2.87. The Labute approximate surface area is 127 Å². The van der Waals surface area contributed by atoms with Crippen LogP contribution < -0.4 is 0 Å². The van der Waals surface area contributed by atoms with Gasteiger partial charge in [-0.15, -0.1) is 0 Å². The van der Waals surface area contributed by atoms with E-state index in [-0.39, 0.29) is 12.0 Å². The van der Waals surface area contributed by atoms with Crippen molar-refractivity contribution in [1.29, 1.82) is 0 Å². The van der Waals surface area contributed by atoms with Crippen LogP contribution in [0.15, 0.2) is 0 Å². The Morgan fingerprint density at radius 1 is 1.19 bits per heavy atom. The summed E-state index contributed by atoms with van der Waals surface area (Å²) in [5.74, 6) is 0.746. The van der Waals surface area contributed by atoms with Crippen LogP contribution in [0.1, 0.15) is 46.5 Å². The number of amides is 1. The van der Waals surface area contributed by atoms with Gasteiger partial charge in [0.15, 0.2) is 0 Å². The molecular formula is C16H27NO4. The Hall–Kier alpha value is -1.10. The van der Waals surface area contributed by atoms with E-state index in [2.05, 4.69) is 0 Å². The molecule has 2 saturated heterocycles. The van der Waals surface area contributed by atoms with Crippen molar-refractivity contribution in [3.05, 3.63) is 0 Å². The number of likely N-dealkylation sites (tertiary alicyclic amines) is 1. The summed E-state index contributed by atoms with van der Waals surface area (Å²) in [6.07, 6.45) is 3.06. The zero-order chi connectivity index (χ0) is 15.5. The second-order valence-corrected chi connectivity index (χ2v) is 7.14. The molecule has 5 heteroatoms. The SMILES string of the molecule is CC(C)(C)OC(=O)N1CCC(C(=O)CC2CCOCC2)C1. The molecule has 2 rings (SSSR count). The van der Waals surface area contributed by atoms with Gasteiger partial charge < -0.3 is 14.4 Å². The summed E-state index contributed by atoms with van der Waals surface area (Å²) in [7, 11) is 0. The van der Waals surface area contributed by atoms with Crippen LogP contribution in [-0.4, -0.2) is 48.7 Å². The third kappa shape index (κ3) is 4.99. The summed E-state index contributed by atoms with van der Waals surface area (Å²) >= 11 is 0. The van der Waals surface area contributed by atoms with Crippen LogP contribution in [0.25, 0.3) is 0 Å². The Balaban J connectivity index is 1.78. The summed E-state index contributed by atoms with van der Waals surface area (Å²) in [6, 6.07) is 0. The first-order chi connectivity index (χ1) is 9.85. The molecule has 120 valence electrons. The highest BCUT2D eigenvalue weighted by atomic mass is 16.6. The molecule has 0 aliphatic carbocycles. The van der Waals surface area contributed by atoms with Gasteiger partial charge in [0.05, 0.1) is 0 Å². The quantitative estimate of drug-likeness (QED) is 0.803. The molecule has 2 aliphatic heterocycles. The first kappa shape index (κ1) is 16.3. The molecule has 0 radical (unpaired) electrons. The minimum Gasteiger partial charge on any atom is -0.444 e. The molecule has 0 aromatic rings. The number of carbonyl (C=O) groups is 2. The molecule has 1 amide bonds. The molecule has 2 heterocycles. The molecular weight excluding hydrogens is 270 g/mol. The van der Waals surface area contributed by atoms with Crippen molar-refractivity contribution >= 4 is 11.9 Å². The van der Waals surface area contributed by atoms with Gasteiger partial charge in [0, 0.05) is 38.6 Å². The van der Waals surface area contributed by atoms with Crippen molar-refractivity contribution in [3.8, 4) is 0 Å². The second-order valence-electron chi connectivity index (χ2n) is 7.14. The molecule has 0 bridgehead atoms. The topological polar surface area (TPSA) is 55.8 Å². The van der Waals surface area contributed by atoms with E-state index in [1.165, 1.54) is 0 Å². The number of ketones is 1. The lowest BCUT2D eigenvalue weighted by atomic mass is 9.89. The lowest BCUT2D eigenvalue weighted by Gasteiger charge is -2.25. The highest BCUT2D eigenvalue weighted by molar-refractivity contribution is 5.82. The molecule has 0 N–H and O–H groups in total. The number of ether oxygens (including phenoxy) is 2. The lowest BCUT2D eigenvalue weighted by molar-refractivity contribution is -0.124. The highest BCUT2D eigenvalue weighted by Gasteiger charge is 2.34. The first-order valence-corrected chi connectivity index (χ1v) is 7.93. The Bertz CT molecular complexity index is 382. The van der Waals surface area contributed by atoms with Crippen LogP contribution in [-0.2, 0) is 14.3 Å². The van der Waals surface area contributed by atoms with Crippen molar-refractivity contribution in [2.75, 3.05) is 26.3 Å². The van der Waals surface area contributed by atoms with Gasteiger partial charge in [0.25, 0.3) is 0 Å². The molecule has 1 atom stereocenters. The van der Waals surface area contributed by atoms with Gasteiger partial charge in [-0.25, -0.2) is 4.79 Å². The van der Waals surface area contributed by atoms with E-state index < -0.39 is 5.60 Å². The van der Waals surface area contributed by atoms with Crippen LogP contribution in [0.2, 0.25) is 0 Å². The zero-order valence-electron chi connectivity index (χ0n) is 13.4. The minimum absolute atomic E-state index is 0.0136. The number of hydrogen-bond donors (Lipinski definition) is 0. The monoisotopic (exact) mass is 297 g/mol. The third-order valence-corrected chi connectivity index (χ3v) is 4.13. The van der Waals surface area contributed by atoms with Crippen LogP contribution >= 0.6 is 0 Å². The molecule has 0 spiro atoms. The van der Waals surface area contributed by atoms with Gasteiger partial charge in [-0.05, 0) is 46.0 Å². The van der Waals surface area contributed by atoms with Gasteiger partial charge in [0.1, 0.15) is 11.4 Å². The molecule has 5 nitrogen and oxygen atoms in total. The van der Waals surface area contributed by atoms with E-state index in [4.69, 9.17) is 9.47 Å². The summed E-state index contributed by atoms with van der Waals surface area (Å²) in [5.41, 5.74) is -0.485. The molecule has 21 heavy (non-hydrogen) atoms. The largest absolute Gasteiger partial charge is 0.444 e. The number of carbonyl (C=O) groups excluding carboxylic acids is 2. The van der Waals surface area contributed by atoms with Crippen molar-refractivity contribution < 1.29 is 19.1 Å². The van der Waals surface area contributed by atoms with Crippen LogP contribution in [0.3, 0.4) is 0 Å². The predicted molar refractivity (Wildman–Crippen MR) is 79.1 cm³/mol. The number of Topliss-reactive ketones (excluding diaryl/α,β-unsaturated/α-hetero) is 1. The zero-order valence-corrected chi connectivity index (χ0v) is 13.4. The highest BCUT2D eigenvalue weighted by Crippen LogP contribution is 2.25. The maximum atomic E-state index is 12.3.